The molecule has 5 nitrogen and oxygen atoms in total. The lowest BCUT2D eigenvalue weighted by atomic mass is 10.1. The SMILES string of the molecule is COCCOCC(O)COc1ccc(Cl)cc1[C@@H](C)O. The van der Waals surface area contributed by atoms with Crippen molar-refractivity contribution in [1.82, 2.24) is 0 Å². The van der Waals surface area contributed by atoms with Crippen LogP contribution in [0.1, 0.15) is 18.6 Å². The molecule has 2 N–H and O–H groups in total. The van der Waals surface area contributed by atoms with Crippen LogP contribution in [0.3, 0.4) is 0 Å². The van der Waals surface area contributed by atoms with Gasteiger partial charge in [0.25, 0.3) is 0 Å². The fraction of sp³-hybridized carbons (Fsp3) is 0.571. The molecule has 0 bridgehead atoms. The smallest absolute Gasteiger partial charge is 0.125 e. The summed E-state index contributed by atoms with van der Waals surface area (Å²) in [6.45, 7) is 2.78. The summed E-state index contributed by atoms with van der Waals surface area (Å²) < 4.78 is 15.5. The highest BCUT2D eigenvalue weighted by Crippen LogP contribution is 2.28. The normalized spacial score (nSPS) is 14.1. The summed E-state index contributed by atoms with van der Waals surface area (Å²) in [5, 5.41) is 19.9. The predicted octanol–water partition coefficient (Wildman–Crippen LogP) is 1.80. The number of rotatable bonds is 9. The third-order valence-corrected chi connectivity index (χ3v) is 2.83. The van der Waals surface area contributed by atoms with Gasteiger partial charge in [-0.25, -0.2) is 0 Å². The van der Waals surface area contributed by atoms with Gasteiger partial charge in [-0.3, -0.25) is 0 Å². The van der Waals surface area contributed by atoms with Crippen molar-refractivity contribution in [2.75, 3.05) is 33.5 Å². The van der Waals surface area contributed by atoms with Crippen LogP contribution in [-0.4, -0.2) is 49.9 Å². The van der Waals surface area contributed by atoms with E-state index in [0.717, 1.165) is 0 Å². The van der Waals surface area contributed by atoms with Gasteiger partial charge in [0.05, 0.1) is 25.9 Å². The number of hydrogen-bond donors (Lipinski definition) is 2. The fourth-order valence-electron chi connectivity index (χ4n) is 1.57. The molecule has 0 heterocycles. The molecule has 0 amide bonds. The number of ether oxygens (including phenoxy) is 3. The molecule has 0 aliphatic carbocycles. The molecule has 1 unspecified atom stereocenters. The Morgan fingerprint density at radius 1 is 1.20 bits per heavy atom. The molecule has 0 spiro atoms. The number of aliphatic hydroxyl groups is 2. The second-order valence-electron chi connectivity index (χ2n) is 4.39. The van der Waals surface area contributed by atoms with E-state index >= 15 is 0 Å². The van der Waals surface area contributed by atoms with Crippen molar-refractivity contribution in [2.24, 2.45) is 0 Å². The van der Waals surface area contributed by atoms with E-state index in [1.807, 2.05) is 0 Å². The first-order chi connectivity index (χ1) is 9.54. The number of benzene rings is 1. The van der Waals surface area contributed by atoms with E-state index in [9.17, 15) is 10.2 Å². The van der Waals surface area contributed by atoms with Gasteiger partial charge in [0.15, 0.2) is 0 Å². The second kappa shape index (κ2) is 9.15. The van der Waals surface area contributed by atoms with E-state index in [2.05, 4.69) is 0 Å². The van der Waals surface area contributed by atoms with Crippen LogP contribution in [0, 0.1) is 0 Å². The van der Waals surface area contributed by atoms with Crippen LogP contribution < -0.4 is 4.74 Å². The molecule has 1 aromatic rings. The van der Waals surface area contributed by atoms with Crippen molar-refractivity contribution in [3.05, 3.63) is 28.8 Å². The molecular weight excluding hydrogens is 284 g/mol. The minimum atomic E-state index is -0.746. The average Bonchev–Trinajstić information content (AvgIpc) is 2.42. The van der Waals surface area contributed by atoms with Crippen molar-refractivity contribution in [3.63, 3.8) is 0 Å². The maximum Gasteiger partial charge on any atom is 0.125 e. The molecule has 114 valence electrons. The van der Waals surface area contributed by atoms with Crippen molar-refractivity contribution in [2.45, 2.75) is 19.1 Å². The summed E-state index contributed by atoms with van der Waals surface area (Å²) in [5.41, 5.74) is 0.588. The molecule has 6 heteroatoms. The van der Waals surface area contributed by atoms with E-state index in [4.69, 9.17) is 25.8 Å². The Hall–Kier alpha value is -0.850. The molecule has 20 heavy (non-hydrogen) atoms. The standard InChI is InChI=1S/C14H21ClO5/c1-10(16)13-7-11(15)3-4-14(13)20-9-12(17)8-19-6-5-18-2/h3-4,7,10,12,16-17H,5-6,8-9H2,1-2H3/t10-,12?/m1/s1. The van der Waals surface area contributed by atoms with Crippen molar-refractivity contribution >= 4 is 11.6 Å². The summed E-state index contributed by atoms with van der Waals surface area (Å²) in [6.07, 6.45) is -1.44. The summed E-state index contributed by atoms with van der Waals surface area (Å²) >= 11 is 5.87. The zero-order chi connectivity index (χ0) is 15.0. The highest BCUT2D eigenvalue weighted by molar-refractivity contribution is 6.30. The third kappa shape index (κ3) is 6.07. The van der Waals surface area contributed by atoms with Gasteiger partial charge in [-0.2, -0.15) is 0 Å². The Bertz CT molecular complexity index is 397. The maximum absolute atomic E-state index is 9.71. The van der Waals surface area contributed by atoms with Crippen LogP contribution in [0.5, 0.6) is 5.75 Å². The van der Waals surface area contributed by atoms with Crippen LogP contribution in [0.2, 0.25) is 5.02 Å². The van der Waals surface area contributed by atoms with Gasteiger partial charge in [-0.05, 0) is 25.1 Å². The quantitative estimate of drug-likeness (QED) is 0.681. The zero-order valence-corrected chi connectivity index (χ0v) is 12.5. The van der Waals surface area contributed by atoms with Crippen molar-refractivity contribution in [3.8, 4) is 5.75 Å². The van der Waals surface area contributed by atoms with Crippen LogP contribution in [-0.2, 0) is 9.47 Å². The maximum atomic E-state index is 9.71. The van der Waals surface area contributed by atoms with Crippen LogP contribution in [0.15, 0.2) is 18.2 Å². The molecule has 1 aromatic carbocycles. The molecular formula is C14H21ClO5. The lowest BCUT2D eigenvalue weighted by Crippen LogP contribution is -2.24. The van der Waals surface area contributed by atoms with E-state index < -0.39 is 12.2 Å². The number of methoxy groups -OCH3 is 1. The molecule has 0 saturated heterocycles. The minimum Gasteiger partial charge on any atom is -0.490 e. The highest BCUT2D eigenvalue weighted by atomic mass is 35.5. The number of hydrogen-bond acceptors (Lipinski definition) is 5. The molecule has 0 aliphatic heterocycles. The summed E-state index contributed by atoms with van der Waals surface area (Å²) in [7, 11) is 1.58. The summed E-state index contributed by atoms with van der Waals surface area (Å²) in [4.78, 5) is 0. The minimum absolute atomic E-state index is 0.0777. The van der Waals surface area contributed by atoms with Gasteiger partial charge in [0.2, 0.25) is 0 Å². The first kappa shape index (κ1) is 17.2. The number of aliphatic hydroxyl groups excluding tert-OH is 2. The predicted molar refractivity (Wildman–Crippen MR) is 76.3 cm³/mol. The van der Waals surface area contributed by atoms with E-state index in [-0.39, 0.29) is 13.2 Å². The molecule has 0 fully saturated rings. The molecule has 0 aliphatic rings. The van der Waals surface area contributed by atoms with Crippen molar-refractivity contribution in [1.29, 1.82) is 0 Å². The lowest BCUT2D eigenvalue weighted by Gasteiger charge is -2.16. The topological polar surface area (TPSA) is 68.2 Å². The Morgan fingerprint density at radius 3 is 2.60 bits per heavy atom. The van der Waals surface area contributed by atoms with E-state index in [1.54, 1.807) is 32.2 Å². The second-order valence-corrected chi connectivity index (χ2v) is 4.83. The first-order valence-electron chi connectivity index (χ1n) is 6.39. The largest absolute Gasteiger partial charge is 0.490 e. The van der Waals surface area contributed by atoms with E-state index in [1.165, 1.54) is 0 Å². The van der Waals surface area contributed by atoms with Crippen LogP contribution in [0.25, 0.3) is 0 Å². The fourth-order valence-corrected chi connectivity index (χ4v) is 1.75. The lowest BCUT2D eigenvalue weighted by molar-refractivity contribution is -0.00460. The van der Waals surface area contributed by atoms with E-state index in [0.29, 0.717) is 29.5 Å². The van der Waals surface area contributed by atoms with Crippen LogP contribution in [0.4, 0.5) is 0 Å². The molecule has 2 atom stereocenters. The third-order valence-electron chi connectivity index (χ3n) is 2.60. The zero-order valence-electron chi connectivity index (χ0n) is 11.7. The van der Waals surface area contributed by atoms with Gasteiger partial charge >= 0.3 is 0 Å². The Balaban J connectivity index is 2.44. The van der Waals surface area contributed by atoms with Crippen LogP contribution >= 0.6 is 11.6 Å². The molecule has 0 aromatic heterocycles. The van der Waals surface area contributed by atoms with Gasteiger partial charge in [0, 0.05) is 17.7 Å². The molecule has 1 rings (SSSR count). The Labute approximate surface area is 124 Å². The summed E-state index contributed by atoms with van der Waals surface area (Å²) in [5.74, 6) is 0.500. The first-order valence-corrected chi connectivity index (χ1v) is 6.77. The van der Waals surface area contributed by atoms with Gasteiger partial charge in [-0.15, -0.1) is 0 Å². The average molecular weight is 305 g/mol. The Kier molecular flexibility index (Phi) is 7.87. The monoisotopic (exact) mass is 304 g/mol. The van der Waals surface area contributed by atoms with Crippen molar-refractivity contribution < 1.29 is 24.4 Å². The number of halogens is 1. The molecule has 0 radical (unpaired) electrons. The molecule has 0 saturated carbocycles. The Morgan fingerprint density at radius 2 is 1.95 bits per heavy atom. The highest BCUT2D eigenvalue weighted by Gasteiger charge is 2.12. The van der Waals surface area contributed by atoms with Gasteiger partial charge in [-0.1, -0.05) is 11.6 Å². The van der Waals surface area contributed by atoms with Gasteiger partial charge < -0.3 is 24.4 Å². The van der Waals surface area contributed by atoms with Gasteiger partial charge in [0.1, 0.15) is 18.5 Å². The summed E-state index contributed by atoms with van der Waals surface area (Å²) in [6, 6.07) is 4.98.